The van der Waals surface area contributed by atoms with Gasteiger partial charge in [0.2, 0.25) is 0 Å². The first-order valence-electron chi connectivity index (χ1n) is 11.2. The van der Waals surface area contributed by atoms with E-state index < -0.39 is 0 Å². The Morgan fingerprint density at radius 1 is 0.353 bits per heavy atom. The van der Waals surface area contributed by atoms with Crippen molar-refractivity contribution < 1.29 is 18.9 Å². The van der Waals surface area contributed by atoms with Gasteiger partial charge in [-0.1, -0.05) is 48.5 Å². The summed E-state index contributed by atoms with van der Waals surface area (Å²) in [5, 5.41) is 11.6. The molecule has 4 heteroatoms. The molecule has 0 bridgehead atoms. The normalized spacial score (nSPS) is 11.5. The molecule has 0 amide bonds. The summed E-state index contributed by atoms with van der Waals surface area (Å²) >= 11 is 0. The molecule has 6 aromatic carbocycles. The van der Waals surface area contributed by atoms with Crippen molar-refractivity contribution in [3.8, 4) is 23.0 Å². The first kappa shape index (κ1) is 20.4. The third kappa shape index (κ3) is 2.72. The van der Waals surface area contributed by atoms with Crippen LogP contribution in [0, 0.1) is 0 Å². The van der Waals surface area contributed by atoms with Gasteiger partial charge in [-0.2, -0.15) is 0 Å². The van der Waals surface area contributed by atoms with Gasteiger partial charge in [0.05, 0.1) is 28.4 Å². The van der Waals surface area contributed by atoms with Gasteiger partial charge in [0.15, 0.2) is 23.0 Å². The number of hydrogen-bond acceptors (Lipinski definition) is 4. The molecule has 34 heavy (non-hydrogen) atoms. The topological polar surface area (TPSA) is 36.9 Å². The molecule has 0 saturated carbocycles. The third-order valence-electron chi connectivity index (χ3n) is 6.81. The van der Waals surface area contributed by atoms with Crippen molar-refractivity contribution in [2.75, 3.05) is 28.4 Å². The lowest BCUT2D eigenvalue weighted by Gasteiger charge is -2.19. The minimum Gasteiger partial charge on any atom is -0.493 e. The molecule has 0 saturated heterocycles. The highest BCUT2D eigenvalue weighted by molar-refractivity contribution is 6.39. The minimum atomic E-state index is 0.711. The van der Waals surface area contributed by atoms with Gasteiger partial charge in [-0.15, -0.1) is 0 Å². The van der Waals surface area contributed by atoms with Crippen molar-refractivity contribution in [2.24, 2.45) is 0 Å². The zero-order valence-corrected chi connectivity index (χ0v) is 19.6. The highest BCUT2D eigenvalue weighted by Gasteiger charge is 2.19. The van der Waals surface area contributed by atoms with Gasteiger partial charge in [0.1, 0.15) is 0 Å². The van der Waals surface area contributed by atoms with Crippen LogP contribution in [-0.4, -0.2) is 28.4 Å². The summed E-state index contributed by atoms with van der Waals surface area (Å²) in [5.41, 5.74) is 0. The Labute approximate surface area is 197 Å². The molecule has 4 nitrogen and oxygen atoms in total. The Bertz CT molecular complexity index is 1620. The molecule has 0 spiro atoms. The average molecular weight is 449 g/mol. The molecular formula is C30H24O4. The molecule has 0 aliphatic rings. The summed E-state index contributed by atoms with van der Waals surface area (Å²) in [6, 6.07) is 25.4. The van der Waals surface area contributed by atoms with E-state index in [0.717, 1.165) is 43.8 Å². The van der Waals surface area contributed by atoms with Crippen LogP contribution in [0.4, 0.5) is 0 Å². The van der Waals surface area contributed by atoms with E-state index in [4.69, 9.17) is 18.9 Å². The van der Waals surface area contributed by atoms with E-state index in [1.54, 1.807) is 28.4 Å². The Morgan fingerprint density at radius 3 is 0.971 bits per heavy atom. The van der Waals surface area contributed by atoms with Crippen LogP contribution in [0.1, 0.15) is 0 Å². The van der Waals surface area contributed by atoms with Crippen LogP contribution < -0.4 is 18.9 Å². The van der Waals surface area contributed by atoms with E-state index in [9.17, 15) is 0 Å². The fourth-order valence-electron chi connectivity index (χ4n) is 5.32. The largest absolute Gasteiger partial charge is 0.493 e. The Balaban J connectivity index is 2.01. The second kappa shape index (κ2) is 7.70. The van der Waals surface area contributed by atoms with Gasteiger partial charge < -0.3 is 18.9 Å². The Hall–Kier alpha value is -4.18. The fraction of sp³-hybridized carbons (Fsp3) is 0.133. The van der Waals surface area contributed by atoms with Crippen LogP contribution in [0.3, 0.4) is 0 Å². The molecule has 0 atom stereocenters. The molecule has 0 radical (unpaired) electrons. The number of rotatable bonds is 4. The lowest BCUT2D eigenvalue weighted by atomic mass is 9.87. The van der Waals surface area contributed by atoms with Crippen LogP contribution in [0.2, 0.25) is 0 Å². The van der Waals surface area contributed by atoms with Crippen molar-refractivity contribution in [3.05, 3.63) is 72.8 Å². The first-order chi connectivity index (χ1) is 16.7. The lowest BCUT2D eigenvalue weighted by molar-refractivity contribution is 0.356. The quantitative estimate of drug-likeness (QED) is 0.262. The number of benzene rings is 6. The van der Waals surface area contributed by atoms with E-state index in [2.05, 4.69) is 72.8 Å². The molecule has 0 aliphatic carbocycles. The maximum atomic E-state index is 5.71. The maximum absolute atomic E-state index is 5.71. The minimum absolute atomic E-state index is 0.711. The lowest BCUT2D eigenvalue weighted by Crippen LogP contribution is -1.94. The van der Waals surface area contributed by atoms with Crippen molar-refractivity contribution in [1.82, 2.24) is 0 Å². The van der Waals surface area contributed by atoms with Gasteiger partial charge in [0.25, 0.3) is 0 Å². The number of methoxy groups -OCH3 is 4. The summed E-state index contributed by atoms with van der Waals surface area (Å²) in [4.78, 5) is 0. The summed E-state index contributed by atoms with van der Waals surface area (Å²) in [7, 11) is 6.71. The standard InChI is InChI=1S/C30H24O4/c1-31-25-13-21-17-9-5-7-11-19(17)30-24-16-28(34-4)26(32-2)14-22(24)18-10-6-8-12-20(18)29(30)23(21)15-27(25)33-3/h5-16H,1-4H3. The highest BCUT2D eigenvalue weighted by atomic mass is 16.5. The fourth-order valence-corrected chi connectivity index (χ4v) is 5.32. The second-order valence-electron chi connectivity index (χ2n) is 8.35. The molecule has 0 heterocycles. The van der Waals surface area contributed by atoms with Gasteiger partial charge >= 0.3 is 0 Å². The van der Waals surface area contributed by atoms with E-state index in [1.165, 1.54) is 21.5 Å². The van der Waals surface area contributed by atoms with E-state index >= 15 is 0 Å². The zero-order valence-electron chi connectivity index (χ0n) is 19.6. The van der Waals surface area contributed by atoms with Crippen LogP contribution in [-0.2, 0) is 0 Å². The zero-order chi connectivity index (χ0) is 23.4. The molecular weight excluding hydrogens is 424 g/mol. The molecule has 0 N–H and O–H groups in total. The number of fused-ring (bicyclic) bond motifs is 11. The third-order valence-corrected chi connectivity index (χ3v) is 6.81. The highest BCUT2D eigenvalue weighted by Crippen LogP contribution is 2.48. The average Bonchev–Trinajstić information content (AvgIpc) is 2.91. The van der Waals surface area contributed by atoms with Crippen molar-refractivity contribution in [1.29, 1.82) is 0 Å². The van der Waals surface area contributed by atoms with E-state index in [-0.39, 0.29) is 0 Å². The summed E-state index contributed by atoms with van der Waals surface area (Å²) < 4.78 is 22.7. The van der Waals surface area contributed by atoms with Crippen LogP contribution >= 0.6 is 0 Å². The number of hydrogen-bond donors (Lipinski definition) is 0. The van der Waals surface area contributed by atoms with Crippen molar-refractivity contribution in [3.63, 3.8) is 0 Å². The summed E-state index contributed by atoms with van der Waals surface area (Å²) in [6.45, 7) is 0. The molecule has 168 valence electrons. The Morgan fingerprint density at radius 2 is 0.647 bits per heavy atom. The SMILES string of the molecule is COc1cc2c3ccccc3c3c4cc(OC)c(OC)cc4c4ccccc4c3c2cc1OC. The van der Waals surface area contributed by atoms with Crippen molar-refractivity contribution >= 4 is 53.9 Å². The van der Waals surface area contributed by atoms with Crippen LogP contribution in [0.15, 0.2) is 72.8 Å². The number of ether oxygens (including phenoxy) is 4. The van der Waals surface area contributed by atoms with Crippen molar-refractivity contribution in [2.45, 2.75) is 0 Å². The summed E-state index contributed by atoms with van der Waals surface area (Å²) in [5.74, 6) is 2.86. The van der Waals surface area contributed by atoms with Gasteiger partial charge in [-0.3, -0.25) is 0 Å². The van der Waals surface area contributed by atoms with E-state index in [1.807, 2.05) is 0 Å². The van der Waals surface area contributed by atoms with Gasteiger partial charge in [-0.25, -0.2) is 0 Å². The molecule has 0 aromatic heterocycles. The summed E-state index contributed by atoms with van der Waals surface area (Å²) in [6.07, 6.45) is 0. The monoisotopic (exact) mass is 448 g/mol. The molecule has 0 fully saturated rings. The second-order valence-corrected chi connectivity index (χ2v) is 8.35. The molecule has 0 unspecified atom stereocenters. The van der Waals surface area contributed by atoms with Crippen LogP contribution in [0.25, 0.3) is 53.9 Å². The maximum Gasteiger partial charge on any atom is 0.161 e. The predicted molar refractivity (Wildman–Crippen MR) is 140 cm³/mol. The predicted octanol–water partition coefficient (Wildman–Crippen LogP) is 7.49. The van der Waals surface area contributed by atoms with Gasteiger partial charge in [-0.05, 0) is 78.1 Å². The van der Waals surface area contributed by atoms with E-state index in [0.29, 0.717) is 11.5 Å². The molecule has 6 rings (SSSR count). The van der Waals surface area contributed by atoms with Gasteiger partial charge in [0, 0.05) is 0 Å². The first-order valence-corrected chi connectivity index (χ1v) is 11.2. The molecule has 6 aromatic rings. The van der Waals surface area contributed by atoms with Crippen LogP contribution in [0.5, 0.6) is 23.0 Å². The molecule has 0 aliphatic heterocycles. The Kier molecular flexibility index (Phi) is 4.63. The smallest absolute Gasteiger partial charge is 0.161 e.